The number of aromatic nitrogens is 8. The summed E-state index contributed by atoms with van der Waals surface area (Å²) in [7, 11) is 1.89. The topological polar surface area (TPSA) is 108 Å². The maximum Gasteiger partial charge on any atom is 0.244 e. The second-order valence-corrected chi connectivity index (χ2v) is 10.0. The Morgan fingerprint density at radius 3 is 2.82 bits per heavy atom. The van der Waals surface area contributed by atoms with Crippen LogP contribution in [0.5, 0.6) is 17.5 Å². The van der Waals surface area contributed by atoms with Gasteiger partial charge in [-0.05, 0) is 30.7 Å². The van der Waals surface area contributed by atoms with Gasteiger partial charge in [0.05, 0.1) is 22.7 Å². The van der Waals surface area contributed by atoms with Crippen LogP contribution in [0.1, 0.15) is 33.9 Å². The number of H-pyrrole nitrogens is 1. The zero-order valence-electron chi connectivity index (χ0n) is 20.8. The second-order valence-electron chi connectivity index (χ2n) is 9.26. The average Bonchev–Trinajstić information content (AvgIpc) is 3.67. The molecule has 0 aliphatic carbocycles. The highest BCUT2D eigenvalue weighted by Gasteiger charge is 2.37. The van der Waals surface area contributed by atoms with Gasteiger partial charge >= 0.3 is 0 Å². The second kappa shape index (κ2) is 9.11. The van der Waals surface area contributed by atoms with Gasteiger partial charge in [-0.25, -0.2) is 14.5 Å². The van der Waals surface area contributed by atoms with Gasteiger partial charge in [-0.1, -0.05) is 47.5 Å². The Morgan fingerprint density at radius 2 is 1.97 bits per heavy atom. The highest BCUT2D eigenvalue weighted by Crippen LogP contribution is 2.48. The molecule has 1 aliphatic rings. The molecule has 0 saturated heterocycles. The van der Waals surface area contributed by atoms with Crippen LogP contribution in [0.15, 0.2) is 61.2 Å². The van der Waals surface area contributed by atoms with Gasteiger partial charge in [0.25, 0.3) is 0 Å². The molecule has 1 aliphatic heterocycles. The van der Waals surface area contributed by atoms with E-state index in [0.717, 1.165) is 33.5 Å². The first-order chi connectivity index (χ1) is 19.0. The molecule has 1 N–H and O–H groups in total. The van der Waals surface area contributed by atoms with E-state index in [-0.39, 0.29) is 5.92 Å². The average molecular weight is 559 g/mol. The van der Waals surface area contributed by atoms with Gasteiger partial charge in [0, 0.05) is 35.6 Å². The van der Waals surface area contributed by atoms with Gasteiger partial charge in [0.15, 0.2) is 11.5 Å². The maximum absolute atomic E-state index is 6.27. The fourth-order valence-corrected chi connectivity index (χ4v) is 5.21. The summed E-state index contributed by atoms with van der Waals surface area (Å²) in [4.78, 5) is 9.50. The Morgan fingerprint density at radius 1 is 1.10 bits per heavy atom. The third-order valence-corrected chi connectivity index (χ3v) is 7.47. The Labute approximate surface area is 232 Å². The van der Waals surface area contributed by atoms with Gasteiger partial charge in [-0.15, -0.1) is 10.2 Å². The number of aromatic amines is 1. The SMILES string of the molecule is Cc1[nH]nc2c1[C@H](c1cnn(C)c1)c1c(ncn3nc(-c4cccc(COc5cccc(Cl)c5Cl)c4)nc13)O2. The van der Waals surface area contributed by atoms with E-state index in [0.29, 0.717) is 45.6 Å². The molecular formula is C27H20Cl2N8O2. The monoisotopic (exact) mass is 558 g/mol. The van der Waals surface area contributed by atoms with Crippen molar-refractivity contribution in [2.24, 2.45) is 7.05 Å². The molecule has 0 radical (unpaired) electrons. The number of ether oxygens (including phenoxy) is 2. The summed E-state index contributed by atoms with van der Waals surface area (Å²) in [6.07, 6.45) is 5.42. The zero-order valence-corrected chi connectivity index (χ0v) is 22.3. The standard InChI is InChI=1S/C27H20Cl2N8O2/c1-14-20-21(17-10-31-36(2)11-17)22-25-32-24(35-37(25)13-30-26(22)39-27(20)34-33-14)16-6-3-5-15(9-16)12-38-19-8-4-7-18(28)23(19)29/h3-11,13,21H,12H2,1-2H3,(H,33,34)/t21-/m0/s1. The molecule has 39 heavy (non-hydrogen) atoms. The molecule has 10 nitrogen and oxygen atoms in total. The predicted octanol–water partition coefficient (Wildman–Crippen LogP) is 5.73. The van der Waals surface area contributed by atoms with Crippen molar-refractivity contribution in [2.75, 3.05) is 0 Å². The van der Waals surface area contributed by atoms with Crippen LogP contribution in [0.3, 0.4) is 0 Å². The van der Waals surface area contributed by atoms with E-state index >= 15 is 0 Å². The molecule has 6 aromatic rings. The van der Waals surface area contributed by atoms with E-state index in [4.69, 9.17) is 42.8 Å². The van der Waals surface area contributed by atoms with Crippen molar-refractivity contribution in [3.8, 4) is 28.9 Å². The fourth-order valence-electron chi connectivity index (χ4n) is 4.86. The first kappa shape index (κ1) is 23.7. The van der Waals surface area contributed by atoms with Crippen LogP contribution in [0.25, 0.3) is 17.0 Å². The number of nitrogens with zero attached hydrogens (tertiary/aromatic N) is 7. The number of hydrogen-bond acceptors (Lipinski definition) is 7. The summed E-state index contributed by atoms with van der Waals surface area (Å²) < 4.78 is 15.5. The third-order valence-electron chi connectivity index (χ3n) is 6.67. The van der Waals surface area contributed by atoms with E-state index in [9.17, 15) is 0 Å². The van der Waals surface area contributed by atoms with Crippen molar-refractivity contribution in [1.29, 1.82) is 0 Å². The first-order valence-corrected chi connectivity index (χ1v) is 12.8. The summed E-state index contributed by atoms with van der Waals surface area (Å²) in [6.45, 7) is 2.27. The number of nitrogens with one attached hydrogen (secondary N) is 1. The summed E-state index contributed by atoms with van der Waals surface area (Å²) in [5.74, 6) is 1.78. The molecule has 4 aromatic heterocycles. The summed E-state index contributed by atoms with van der Waals surface area (Å²) >= 11 is 12.4. The van der Waals surface area contributed by atoms with E-state index in [1.165, 1.54) is 0 Å². The molecule has 0 spiro atoms. The number of hydrogen-bond donors (Lipinski definition) is 1. The lowest BCUT2D eigenvalue weighted by molar-refractivity contribution is 0.306. The Bertz CT molecular complexity index is 1880. The van der Waals surface area contributed by atoms with Crippen LogP contribution >= 0.6 is 23.2 Å². The molecule has 0 bridgehead atoms. The first-order valence-electron chi connectivity index (χ1n) is 12.1. The van der Waals surface area contributed by atoms with Crippen LogP contribution in [-0.2, 0) is 13.7 Å². The van der Waals surface area contributed by atoms with E-state index in [1.807, 2.05) is 50.6 Å². The van der Waals surface area contributed by atoms with Crippen LogP contribution in [0, 0.1) is 6.92 Å². The molecule has 1 atom stereocenters. The van der Waals surface area contributed by atoms with E-state index < -0.39 is 0 Å². The maximum atomic E-state index is 6.27. The highest BCUT2D eigenvalue weighted by atomic mass is 35.5. The third kappa shape index (κ3) is 4.00. The van der Waals surface area contributed by atoms with E-state index in [1.54, 1.807) is 33.7 Å². The lowest BCUT2D eigenvalue weighted by Crippen LogP contribution is -2.14. The molecule has 0 unspecified atom stereocenters. The fraction of sp³-hybridized carbons (Fsp3) is 0.148. The summed E-state index contributed by atoms with van der Waals surface area (Å²) in [5.41, 5.74) is 6.01. The van der Waals surface area contributed by atoms with E-state index in [2.05, 4.69) is 20.3 Å². The van der Waals surface area contributed by atoms with Gasteiger partial charge in [-0.3, -0.25) is 9.78 Å². The molecule has 7 rings (SSSR count). The van der Waals surface area contributed by atoms with Crippen molar-refractivity contribution < 1.29 is 9.47 Å². The largest absolute Gasteiger partial charge is 0.487 e. The molecular weight excluding hydrogens is 539 g/mol. The minimum atomic E-state index is -0.230. The number of aryl methyl sites for hydroxylation is 2. The van der Waals surface area contributed by atoms with Crippen molar-refractivity contribution in [3.05, 3.63) is 99.2 Å². The van der Waals surface area contributed by atoms with Crippen LogP contribution in [0.2, 0.25) is 10.0 Å². The molecule has 0 amide bonds. The lowest BCUT2D eigenvalue weighted by atomic mass is 9.86. The Kier molecular flexibility index (Phi) is 5.53. The molecule has 194 valence electrons. The smallest absolute Gasteiger partial charge is 0.244 e. The van der Waals surface area contributed by atoms with Crippen molar-refractivity contribution in [2.45, 2.75) is 19.4 Å². The molecule has 0 fully saturated rings. The highest BCUT2D eigenvalue weighted by molar-refractivity contribution is 6.42. The number of benzene rings is 2. The van der Waals surface area contributed by atoms with Crippen molar-refractivity contribution in [3.63, 3.8) is 0 Å². The van der Waals surface area contributed by atoms with Gasteiger partial charge < -0.3 is 9.47 Å². The number of fused-ring (bicyclic) bond motifs is 4. The minimum Gasteiger partial charge on any atom is -0.487 e. The number of rotatable bonds is 5. The molecule has 2 aromatic carbocycles. The summed E-state index contributed by atoms with van der Waals surface area (Å²) in [5, 5.41) is 17.3. The Hall–Kier alpha value is -4.41. The molecule has 12 heteroatoms. The van der Waals surface area contributed by atoms with Crippen LogP contribution < -0.4 is 9.47 Å². The quantitative estimate of drug-likeness (QED) is 0.287. The Balaban J connectivity index is 1.28. The zero-order chi connectivity index (χ0) is 26.7. The van der Waals surface area contributed by atoms with Gasteiger partial charge in [0.2, 0.25) is 11.8 Å². The van der Waals surface area contributed by atoms with Crippen molar-refractivity contribution >= 4 is 28.8 Å². The van der Waals surface area contributed by atoms with Gasteiger partial charge in [-0.2, -0.15) is 5.10 Å². The normalized spacial score (nSPS) is 14.2. The predicted molar refractivity (Wildman–Crippen MR) is 145 cm³/mol. The minimum absolute atomic E-state index is 0.230. The summed E-state index contributed by atoms with van der Waals surface area (Å²) in [6, 6.07) is 13.2. The van der Waals surface area contributed by atoms with Crippen LogP contribution in [-0.4, -0.2) is 39.6 Å². The number of halogens is 2. The lowest BCUT2D eigenvalue weighted by Gasteiger charge is -2.24. The van der Waals surface area contributed by atoms with Gasteiger partial charge in [0.1, 0.15) is 23.7 Å². The molecule has 5 heterocycles. The van der Waals surface area contributed by atoms with Crippen molar-refractivity contribution in [1.82, 2.24) is 39.6 Å². The molecule has 0 saturated carbocycles. The van der Waals surface area contributed by atoms with Crippen LogP contribution in [0.4, 0.5) is 0 Å².